The normalized spacial score (nSPS) is 21.9. The molecule has 0 aliphatic carbocycles. The van der Waals surface area contributed by atoms with E-state index in [0.717, 1.165) is 12.1 Å². The molecule has 0 spiro atoms. The van der Waals surface area contributed by atoms with Crippen molar-refractivity contribution in [1.29, 1.82) is 0 Å². The molecule has 0 amide bonds. The molecule has 0 saturated carbocycles. The summed E-state index contributed by atoms with van der Waals surface area (Å²) < 4.78 is 10.5. The first-order chi connectivity index (χ1) is 9.11. The molecule has 1 aliphatic heterocycles. The number of benzene rings is 1. The fourth-order valence-electron chi connectivity index (χ4n) is 2.22. The van der Waals surface area contributed by atoms with E-state index in [1.54, 1.807) is 0 Å². The molecule has 2 rings (SSSR count). The summed E-state index contributed by atoms with van der Waals surface area (Å²) in [5.41, 5.74) is 1.08. The fraction of sp³-hybridized carbons (Fsp3) is 0.500. The minimum absolute atomic E-state index is 0.0295. The van der Waals surface area contributed by atoms with Gasteiger partial charge in [-0.1, -0.05) is 23.7 Å². The minimum atomic E-state index is -0.247. The van der Waals surface area contributed by atoms with Gasteiger partial charge in [-0.25, -0.2) is 0 Å². The first-order valence-electron chi connectivity index (χ1n) is 6.30. The maximum absolute atomic E-state index is 11.6. The Kier molecular flexibility index (Phi) is 4.80. The van der Waals surface area contributed by atoms with Crippen molar-refractivity contribution in [3.63, 3.8) is 0 Å². The monoisotopic (exact) mass is 283 g/mol. The van der Waals surface area contributed by atoms with Crippen molar-refractivity contribution in [3.8, 4) is 0 Å². The summed E-state index contributed by atoms with van der Waals surface area (Å²) >= 11 is 5.88. The minimum Gasteiger partial charge on any atom is -0.468 e. The molecule has 1 fully saturated rings. The van der Waals surface area contributed by atoms with Crippen LogP contribution in [0.1, 0.15) is 18.6 Å². The molecule has 2 atom stereocenters. The summed E-state index contributed by atoms with van der Waals surface area (Å²) in [4.78, 5) is 13.7. The Hall–Kier alpha value is -1.10. The summed E-state index contributed by atoms with van der Waals surface area (Å²) in [5.74, 6) is -0.211. The number of methoxy groups -OCH3 is 1. The van der Waals surface area contributed by atoms with Crippen LogP contribution in [0.4, 0.5) is 0 Å². The molecule has 1 aliphatic rings. The molecule has 0 unspecified atom stereocenters. The van der Waals surface area contributed by atoms with Crippen LogP contribution in [-0.2, 0) is 14.3 Å². The Morgan fingerprint density at radius 2 is 2.16 bits per heavy atom. The van der Waals surface area contributed by atoms with Gasteiger partial charge in [0.1, 0.15) is 6.04 Å². The lowest BCUT2D eigenvalue weighted by Gasteiger charge is -2.35. The van der Waals surface area contributed by atoms with Gasteiger partial charge in [0.25, 0.3) is 0 Å². The molecule has 0 bridgehead atoms. The number of rotatable bonds is 3. The summed E-state index contributed by atoms with van der Waals surface area (Å²) in [6, 6.07) is 7.37. The van der Waals surface area contributed by atoms with Gasteiger partial charge in [0.15, 0.2) is 0 Å². The predicted octanol–water partition coefficient (Wildman–Crippen LogP) is 2.27. The molecule has 104 valence electrons. The van der Waals surface area contributed by atoms with E-state index in [-0.39, 0.29) is 18.1 Å². The molecule has 0 aromatic heterocycles. The zero-order chi connectivity index (χ0) is 13.8. The highest BCUT2D eigenvalue weighted by Gasteiger charge is 2.29. The number of carbonyl (C=O) groups excluding carboxylic acids is 1. The molecule has 1 heterocycles. The Balaban J connectivity index is 2.04. The highest BCUT2D eigenvalue weighted by atomic mass is 35.5. The number of halogens is 1. The molecule has 0 radical (unpaired) electrons. The third kappa shape index (κ3) is 3.47. The van der Waals surface area contributed by atoms with E-state index in [1.165, 1.54) is 7.11 Å². The van der Waals surface area contributed by atoms with Gasteiger partial charge in [0.05, 0.1) is 19.8 Å². The number of morpholine rings is 1. The molecule has 1 saturated heterocycles. The SMILES string of the molecule is COC(=O)[C@H](C)N1CCO[C@@H](c2ccc(Cl)cc2)C1. The van der Waals surface area contributed by atoms with Crippen molar-refractivity contribution in [3.05, 3.63) is 34.9 Å². The van der Waals surface area contributed by atoms with Crippen LogP contribution in [0.5, 0.6) is 0 Å². The largest absolute Gasteiger partial charge is 0.468 e. The van der Waals surface area contributed by atoms with E-state index in [0.29, 0.717) is 18.2 Å². The zero-order valence-electron chi connectivity index (χ0n) is 11.1. The summed E-state index contributed by atoms with van der Waals surface area (Å²) in [6.45, 7) is 3.88. The smallest absolute Gasteiger partial charge is 0.322 e. The highest BCUT2D eigenvalue weighted by molar-refractivity contribution is 6.30. The van der Waals surface area contributed by atoms with Crippen molar-refractivity contribution in [1.82, 2.24) is 4.90 Å². The molecule has 1 aromatic carbocycles. The second kappa shape index (κ2) is 6.37. The topological polar surface area (TPSA) is 38.8 Å². The van der Waals surface area contributed by atoms with E-state index >= 15 is 0 Å². The van der Waals surface area contributed by atoms with Gasteiger partial charge in [-0.3, -0.25) is 9.69 Å². The van der Waals surface area contributed by atoms with Gasteiger partial charge in [0, 0.05) is 18.1 Å². The number of esters is 1. The third-order valence-corrected chi connectivity index (χ3v) is 3.68. The van der Waals surface area contributed by atoms with Gasteiger partial charge < -0.3 is 9.47 Å². The first kappa shape index (κ1) is 14.3. The standard InChI is InChI=1S/C14H18ClNO3/c1-10(14(17)18-2)16-7-8-19-13(9-16)11-3-5-12(15)6-4-11/h3-6,10,13H,7-9H2,1-2H3/t10-,13+/m0/s1. The Bertz CT molecular complexity index is 435. The maximum Gasteiger partial charge on any atom is 0.322 e. The van der Waals surface area contributed by atoms with Crippen LogP contribution < -0.4 is 0 Å². The number of carbonyl (C=O) groups is 1. The molecular weight excluding hydrogens is 266 g/mol. The third-order valence-electron chi connectivity index (χ3n) is 3.43. The quantitative estimate of drug-likeness (QED) is 0.798. The van der Waals surface area contributed by atoms with E-state index in [1.807, 2.05) is 31.2 Å². The Morgan fingerprint density at radius 3 is 2.79 bits per heavy atom. The Morgan fingerprint density at radius 1 is 1.47 bits per heavy atom. The van der Waals surface area contributed by atoms with Gasteiger partial charge in [0.2, 0.25) is 0 Å². The summed E-state index contributed by atoms with van der Waals surface area (Å²) in [7, 11) is 1.41. The van der Waals surface area contributed by atoms with Gasteiger partial charge >= 0.3 is 5.97 Å². The van der Waals surface area contributed by atoms with Gasteiger partial charge in [-0.2, -0.15) is 0 Å². The molecule has 0 N–H and O–H groups in total. The lowest BCUT2D eigenvalue weighted by molar-refractivity contribution is -0.149. The van der Waals surface area contributed by atoms with Crippen LogP contribution in [0.3, 0.4) is 0 Å². The highest BCUT2D eigenvalue weighted by Crippen LogP contribution is 2.24. The van der Waals surface area contributed by atoms with Gasteiger partial charge in [-0.15, -0.1) is 0 Å². The second-order valence-corrected chi connectivity index (χ2v) is 5.04. The average Bonchev–Trinajstić information content (AvgIpc) is 2.46. The van der Waals surface area contributed by atoms with Crippen LogP contribution in [0.2, 0.25) is 5.02 Å². The van der Waals surface area contributed by atoms with Crippen LogP contribution in [0.15, 0.2) is 24.3 Å². The lowest BCUT2D eigenvalue weighted by Crippen LogP contribution is -2.47. The van der Waals surface area contributed by atoms with Crippen molar-refractivity contribution in [2.24, 2.45) is 0 Å². The van der Waals surface area contributed by atoms with E-state index in [2.05, 4.69) is 4.90 Å². The molecule has 5 heteroatoms. The van der Waals surface area contributed by atoms with Crippen LogP contribution in [0.25, 0.3) is 0 Å². The van der Waals surface area contributed by atoms with Crippen molar-refractivity contribution in [2.75, 3.05) is 26.8 Å². The molecule has 1 aromatic rings. The van der Waals surface area contributed by atoms with E-state index in [9.17, 15) is 4.79 Å². The summed E-state index contributed by atoms with van der Waals surface area (Å²) in [5, 5.41) is 0.708. The van der Waals surface area contributed by atoms with Crippen LogP contribution >= 0.6 is 11.6 Å². The van der Waals surface area contributed by atoms with Crippen LogP contribution in [-0.4, -0.2) is 43.7 Å². The molecular formula is C14H18ClNO3. The zero-order valence-corrected chi connectivity index (χ0v) is 11.9. The van der Waals surface area contributed by atoms with Crippen LogP contribution in [0, 0.1) is 0 Å². The van der Waals surface area contributed by atoms with Crippen molar-refractivity contribution < 1.29 is 14.3 Å². The number of hydrogen-bond acceptors (Lipinski definition) is 4. The van der Waals surface area contributed by atoms with Crippen molar-refractivity contribution >= 4 is 17.6 Å². The predicted molar refractivity (Wildman–Crippen MR) is 73.2 cm³/mol. The fourth-order valence-corrected chi connectivity index (χ4v) is 2.35. The molecule has 4 nitrogen and oxygen atoms in total. The lowest BCUT2D eigenvalue weighted by atomic mass is 10.1. The van der Waals surface area contributed by atoms with Gasteiger partial charge in [-0.05, 0) is 24.6 Å². The molecule has 19 heavy (non-hydrogen) atoms. The maximum atomic E-state index is 11.6. The summed E-state index contributed by atoms with van der Waals surface area (Å²) in [6.07, 6.45) is -0.0295. The van der Waals surface area contributed by atoms with Crippen molar-refractivity contribution in [2.45, 2.75) is 19.1 Å². The van der Waals surface area contributed by atoms with E-state index < -0.39 is 0 Å². The number of ether oxygens (including phenoxy) is 2. The second-order valence-electron chi connectivity index (χ2n) is 4.61. The number of nitrogens with zero attached hydrogens (tertiary/aromatic N) is 1. The number of hydrogen-bond donors (Lipinski definition) is 0. The van der Waals surface area contributed by atoms with E-state index in [4.69, 9.17) is 21.1 Å². The average molecular weight is 284 g/mol. The first-order valence-corrected chi connectivity index (χ1v) is 6.68. The Labute approximate surface area is 118 Å².